The predicted molar refractivity (Wildman–Crippen MR) is 85.6 cm³/mol. The molecule has 0 aliphatic carbocycles. The first-order valence-corrected chi connectivity index (χ1v) is 7.96. The summed E-state index contributed by atoms with van der Waals surface area (Å²) in [7, 11) is 0. The highest BCUT2D eigenvalue weighted by Gasteiger charge is 2.39. The summed E-state index contributed by atoms with van der Waals surface area (Å²) in [5, 5.41) is 3.35. The van der Waals surface area contributed by atoms with Gasteiger partial charge in [-0.1, -0.05) is 18.2 Å². The molecule has 21 heavy (non-hydrogen) atoms. The number of hydrogen-bond acceptors (Lipinski definition) is 3. The summed E-state index contributed by atoms with van der Waals surface area (Å²) in [6, 6.07) is 8.32. The molecule has 0 spiro atoms. The molecule has 0 aromatic heterocycles. The van der Waals surface area contributed by atoms with Gasteiger partial charge in [0, 0.05) is 38.4 Å². The molecule has 4 nitrogen and oxygen atoms in total. The van der Waals surface area contributed by atoms with Crippen molar-refractivity contribution in [3.8, 4) is 0 Å². The molecule has 0 bridgehead atoms. The quantitative estimate of drug-likeness (QED) is 0.898. The molecule has 1 aromatic rings. The fraction of sp³-hybridized carbons (Fsp3) is 0.588. The molecule has 2 aliphatic rings. The van der Waals surface area contributed by atoms with Gasteiger partial charge in [0.15, 0.2) is 0 Å². The third kappa shape index (κ3) is 2.70. The number of piperazine rings is 1. The Balaban J connectivity index is 1.85. The van der Waals surface area contributed by atoms with E-state index in [0.29, 0.717) is 0 Å². The van der Waals surface area contributed by atoms with Gasteiger partial charge >= 0.3 is 0 Å². The number of para-hydroxylation sites is 1. The first-order chi connectivity index (χ1) is 10.1. The van der Waals surface area contributed by atoms with E-state index in [2.05, 4.69) is 42.3 Å². The zero-order chi connectivity index (χ0) is 14.9. The third-order valence-electron chi connectivity index (χ3n) is 4.79. The number of rotatable bonds is 2. The molecule has 2 aliphatic heterocycles. The lowest BCUT2D eigenvalue weighted by Crippen LogP contribution is -2.61. The lowest BCUT2D eigenvalue weighted by Gasteiger charge is -2.43. The van der Waals surface area contributed by atoms with Crippen LogP contribution in [0.25, 0.3) is 0 Å². The largest absolute Gasteiger partial charge is 0.314 e. The van der Waals surface area contributed by atoms with Gasteiger partial charge in [-0.05, 0) is 38.3 Å². The van der Waals surface area contributed by atoms with Gasteiger partial charge in [-0.3, -0.25) is 9.69 Å². The van der Waals surface area contributed by atoms with Crippen molar-refractivity contribution in [1.82, 2.24) is 10.2 Å². The number of carbonyl (C=O) groups excluding carboxylic acids is 1. The highest BCUT2D eigenvalue weighted by atomic mass is 16.2. The monoisotopic (exact) mass is 287 g/mol. The number of fused-ring (bicyclic) bond motifs is 1. The Morgan fingerprint density at radius 1 is 1.14 bits per heavy atom. The second kappa shape index (κ2) is 5.78. The fourth-order valence-electron chi connectivity index (χ4n) is 3.43. The summed E-state index contributed by atoms with van der Waals surface area (Å²) >= 11 is 0. The van der Waals surface area contributed by atoms with E-state index in [-0.39, 0.29) is 5.91 Å². The van der Waals surface area contributed by atoms with E-state index in [1.165, 1.54) is 5.56 Å². The molecule has 3 rings (SSSR count). The molecule has 0 unspecified atom stereocenters. The summed E-state index contributed by atoms with van der Waals surface area (Å²) in [6.07, 6.45) is 2.13. The summed E-state index contributed by atoms with van der Waals surface area (Å²) in [4.78, 5) is 17.5. The van der Waals surface area contributed by atoms with Gasteiger partial charge in [-0.15, -0.1) is 0 Å². The molecular formula is C17H25N3O. The van der Waals surface area contributed by atoms with Crippen LogP contribution < -0.4 is 10.2 Å². The standard InChI is InChI=1S/C17H25N3O/c1-17(2,19-12-9-18-10-13-19)16(21)20-11-5-7-14-6-3-4-8-15(14)20/h3-4,6,8,18H,5,7,9-13H2,1-2H3. The van der Waals surface area contributed by atoms with Crippen LogP contribution in [0.2, 0.25) is 0 Å². The first kappa shape index (κ1) is 14.5. The zero-order valence-corrected chi connectivity index (χ0v) is 13.1. The van der Waals surface area contributed by atoms with Crippen LogP contribution in [-0.2, 0) is 11.2 Å². The van der Waals surface area contributed by atoms with Gasteiger partial charge in [-0.25, -0.2) is 0 Å². The number of hydrogen-bond donors (Lipinski definition) is 1. The number of nitrogens with one attached hydrogen (secondary N) is 1. The third-order valence-corrected chi connectivity index (χ3v) is 4.79. The van der Waals surface area contributed by atoms with Crippen molar-refractivity contribution in [3.05, 3.63) is 29.8 Å². The first-order valence-electron chi connectivity index (χ1n) is 7.96. The topological polar surface area (TPSA) is 35.6 Å². The van der Waals surface area contributed by atoms with Crippen LogP contribution in [0.15, 0.2) is 24.3 Å². The Kier molecular flexibility index (Phi) is 4.00. The Labute approximate surface area is 127 Å². The number of carbonyl (C=O) groups is 1. The minimum absolute atomic E-state index is 0.233. The fourth-order valence-corrected chi connectivity index (χ4v) is 3.43. The Morgan fingerprint density at radius 2 is 1.86 bits per heavy atom. The van der Waals surface area contributed by atoms with E-state index in [4.69, 9.17) is 0 Å². The summed E-state index contributed by atoms with van der Waals surface area (Å²) in [6.45, 7) is 8.78. The second-order valence-corrected chi connectivity index (χ2v) is 6.49. The number of nitrogens with zero attached hydrogens (tertiary/aromatic N) is 2. The Morgan fingerprint density at radius 3 is 2.62 bits per heavy atom. The van der Waals surface area contributed by atoms with Crippen molar-refractivity contribution in [2.24, 2.45) is 0 Å². The maximum Gasteiger partial charge on any atom is 0.246 e. The molecule has 114 valence electrons. The lowest BCUT2D eigenvalue weighted by molar-refractivity contribution is -0.129. The molecule has 1 N–H and O–H groups in total. The second-order valence-electron chi connectivity index (χ2n) is 6.49. The van der Waals surface area contributed by atoms with Crippen LogP contribution in [0.4, 0.5) is 5.69 Å². The smallest absolute Gasteiger partial charge is 0.246 e. The highest BCUT2D eigenvalue weighted by molar-refractivity contribution is 6.00. The van der Waals surface area contributed by atoms with Crippen LogP contribution in [-0.4, -0.2) is 49.1 Å². The normalized spacial score (nSPS) is 20.2. The van der Waals surface area contributed by atoms with Crippen LogP contribution in [0.3, 0.4) is 0 Å². The van der Waals surface area contributed by atoms with Gasteiger partial charge in [0.05, 0.1) is 5.54 Å². The van der Waals surface area contributed by atoms with E-state index in [1.807, 2.05) is 11.0 Å². The molecule has 1 fully saturated rings. The van der Waals surface area contributed by atoms with E-state index in [0.717, 1.165) is 51.3 Å². The average molecular weight is 287 g/mol. The lowest BCUT2D eigenvalue weighted by atomic mass is 9.95. The SMILES string of the molecule is CC(C)(C(=O)N1CCCc2ccccc21)N1CCNCC1. The van der Waals surface area contributed by atoms with Crippen LogP contribution >= 0.6 is 0 Å². The molecule has 1 aromatic carbocycles. The summed E-state index contributed by atoms with van der Waals surface area (Å²) < 4.78 is 0. The van der Waals surface area contributed by atoms with Crippen molar-refractivity contribution >= 4 is 11.6 Å². The molecule has 1 saturated heterocycles. The molecule has 2 heterocycles. The van der Waals surface area contributed by atoms with Crippen LogP contribution in [0.1, 0.15) is 25.8 Å². The molecule has 1 amide bonds. The van der Waals surface area contributed by atoms with Crippen LogP contribution in [0.5, 0.6) is 0 Å². The Hall–Kier alpha value is -1.39. The van der Waals surface area contributed by atoms with Gasteiger partial charge in [0.1, 0.15) is 0 Å². The van der Waals surface area contributed by atoms with Crippen molar-refractivity contribution < 1.29 is 4.79 Å². The molecule has 0 atom stereocenters. The average Bonchev–Trinajstić information content (AvgIpc) is 2.54. The maximum absolute atomic E-state index is 13.1. The molecule has 4 heteroatoms. The minimum Gasteiger partial charge on any atom is -0.314 e. The van der Waals surface area contributed by atoms with E-state index < -0.39 is 5.54 Å². The number of amides is 1. The van der Waals surface area contributed by atoms with Crippen molar-refractivity contribution in [3.63, 3.8) is 0 Å². The Bertz CT molecular complexity index is 521. The van der Waals surface area contributed by atoms with Gasteiger partial charge in [-0.2, -0.15) is 0 Å². The van der Waals surface area contributed by atoms with E-state index in [1.54, 1.807) is 0 Å². The van der Waals surface area contributed by atoms with Crippen molar-refractivity contribution in [1.29, 1.82) is 0 Å². The molecule has 0 saturated carbocycles. The van der Waals surface area contributed by atoms with Gasteiger partial charge in [0.2, 0.25) is 5.91 Å². The molecular weight excluding hydrogens is 262 g/mol. The van der Waals surface area contributed by atoms with E-state index in [9.17, 15) is 4.79 Å². The van der Waals surface area contributed by atoms with Crippen LogP contribution in [0, 0.1) is 0 Å². The summed E-state index contributed by atoms with van der Waals surface area (Å²) in [5.74, 6) is 0.233. The van der Waals surface area contributed by atoms with Gasteiger partial charge in [0.25, 0.3) is 0 Å². The molecule has 0 radical (unpaired) electrons. The van der Waals surface area contributed by atoms with Gasteiger partial charge < -0.3 is 10.2 Å². The number of benzene rings is 1. The zero-order valence-electron chi connectivity index (χ0n) is 13.1. The number of anilines is 1. The maximum atomic E-state index is 13.1. The highest BCUT2D eigenvalue weighted by Crippen LogP contribution is 2.30. The number of aryl methyl sites for hydroxylation is 1. The van der Waals surface area contributed by atoms with Crippen molar-refractivity contribution in [2.45, 2.75) is 32.2 Å². The van der Waals surface area contributed by atoms with E-state index >= 15 is 0 Å². The van der Waals surface area contributed by atoms with Crippen molar-refractivity contribution in [2.75, 3.05) is 37.6 Å². The summed E-state index contributed by atoms with van der Waals surface area (Å²) in [5.41, 5.74) is 1.97. The minimum atomic E-state index is -0.438. The predicted octanol–water partition coefficient (Wildman–Crippen LogP) is 1.65.